The number of nitrogens with zero attached hydrogens (tertiary/aromatic N) is 2. The number of nitrogens with one attached hydrogen (secondary N) is 1. The average Bonchev–Trinajstić information content (AvgIpc) is 2.89. The molecule has 1 aromatic carbocycles. The molecule has 0 atom stereocenters. The molecular weight excluding hydrogens is 262 g/mol. The van der Waals surface area contributed by atoms with Crippen LogP contribution in [0.4, 0.5) is 11.6 Å². The second-order valence-electron chi connectivity index (χ2n) is 5.73. The third-order valence-electron chi connectivity index (χ3n) is 4.17. The summed E-state index contributed by atoms with van der Waals surface area (Å²) >= 11 is 0. The van der Waals surface area contributed by atoms with Gasteiger partial charge in [0.2, 0.25) is 5.95 Å². The molecule has 1 fully saturated rings. The number of methoxy groups -OCH3 is 1. The molecule has 1 aromatic heterocycles. The van der Waals surface area contributed by atoms with Crippen molar-refractivity contribution in [1.29, 1.82) is 0 Å². The molecule has 0 aliphatic heterocycles. The van der Waals surface area contributed by atoms with Gasteiger partial charge in [-0.3, -0.25) is 0 Å². The molecular formula is C17H23N3O. The summed E-state index contributed by atoms with van der Waals surface area (Å²) < 4.78 is 7.72. The summed E-state index contributed by atoms with van der Waals surface area (Å²) in [6.45, 7) is 2.05. The number of hydrogen-bond donors (Lipinski definition) is 1. The monoisotopic (exact) mass is 285 g/mol. The highest BCUT2D eigenvalue weighted by molar-refractivity contribution is 5.62. The van der Waals surface area contributed by atoms with E-state index in [4.69, 9.17) is 4.74 Å². The van der Waals surface area contributed by atoms with Crippen molar-refractivity contribution in [2.24, 2.45) is 0 Å². The Morgan fingerprint density at radius 1 is 1.19 bits per heavy atom. The van der Waals surface area contributed by atoms with E-state index in [9.17, 15) is 0 Å². The molecule has 1 aliphatic rings. The number of hydrogen-bond acceptors (Lipinski definition) is 3. The molecule has 0 unspecified atom stereocenters. The Morgan fingerprint density at radius 3 is 2.71 bits per heavy atom. The summed E-state index contributed by atoms with van der Waals surface area (Å²) in [6.07, 6.45) is 8.64. The van der Waals surface area contributed by atoms with Crippen LogP contribution in [0.5, 0.6) is 5.75 Å². The minimum Gasteiger partial charge on any atom is -0.495 e. The Balaban J connectivity index is 1.88. The fourth-order valence-electron chi connectivity index (χ4n) is 3.11. The van der Waals surface area contributed by atoms with E-state index in [1.165, 1.54) is 32.1 Å². The highest BCUT2D eigenvalue weighted by Gasteiger charge is 2.19. The third-order valence-corrected chi connectivity index (χ3v) is 4.17. The number of imidazole rings is 1. The number of para-hydroxylation sites is 2. The SMILES string of the molecule is COc1ccccc1Nc1nc(C)cn1C1CCCCC1. The van der Waals surface area contributed by atoms with Gasteiger partial charge in [0.25, 0.3) is 0 Å². The van der Waals surface area contributed by atoms with Crippen LogP contribution in [0.15, 0.2) is 30.5 Å². The van der Waals surface area contributed by atoms with Gasteiger partial charge in [-0.25, -0.2) is 4.98 Å². The highest BCUT2D eigenvalue weighted by atomic mass is 16.5. The summed E-state index contributed by atoms with van der Waals surface area (Å²) in [7, 11) is 1.69. The van der Waals surface area contributed by atoms with Crippen LogP contribution in [0.2, 0.25) is 0 Å². The van der Waals surface area contributed by atoms with Gasteiger partial charge in [0, 0.05) is 12.2 Å². The summed E-state index contributed by atoms with van der Waals surface area (Å²) in [5.74, 6) is 1.76. The van der Waals surface area contributed by atoms with Crippen LogP contribution in [0, 0.1) is 6.92 Å². The van der Waals surface area contributed by atoms with E-state index in [0.717, 1.165) is 23.1 Å². The minimum atomic E-state index is 0.567. The standard InChI is InChI=1S/C17H23N3O/c1-13-12-20(14-8-4-3-5-9-14)17(18-13)19-15-10-6-7-11-16(15)21-2/h6-7,10-12,14H,3-5,8-9H2,1-2H3,(H,18,19). The van der Waals surface area contributed by atoms with Crippen molar-refractivity contribution >= 4 is 11.6 Å². The first-order chi connectivity index (χ1) is 10.3. The van der Waals surface area contributed by atoms with Gasteiger partial charge < -0.3 is 14.6 Å². The topological polar surface area (TPSA) is 39.1 Å². The molecule has 0 radical (unpaired) electrons. The van der Waals surface area contributed by atoms with Crippen LogP contribution >= 0.6 is 0 Å². The van der Waals surface area contributed by atoms with Gasteiger partial charge in [0.15, 0.2) is 0 Å². The zero-order valence-corrected chi connectivity index (χ0v) is 12.8. The number of aromatic nitrogens is 2. The molecule has 21 heavy (non-hydrogen) atoms. The number of anilines is 2. The van der Waals surface area contributed by atoms with Crippen LogP contribution in [-0.2, 0) is 0 Å². The molecule has 4 heteroatoms. The lowest BCUT2D eigenvalue weighted by Crippen LogP contribution is -2.14. The number of rotatable bonds is 4. The van der Waals surface area contributed by atoms with Gasteiger partial charge in [0.05, 0.1) is 18.5 Å². The van der Waals surface area contributed by atoms with E-state index in [-0.39, 0.29) is 0 Å². The Bertz CT molecular complexity index is 600. The molecule has 0 amide bonds. The predicted octanol–water partition coefficient (Wildman–Crippen LogP) is 4.45. The molecule has 0 saturated heterocycles. The van der Waals surface area contributed by atoms with Crippen molar-refractivity contribution in [3.8, 4) is 5.75 Å². The lowest BCUT2D eigenvalue weighted by Gasteiger charge is -2.25. The fourth-order valence-corrected chi connectivity index (χ4v) is 3.11. The number of ether oxygens (including phenoxy) is 1. The Kier molecular flexibility index (Phi) is 4.13. The largest absolute Gasteiger partial charge is 0.495 e. The van der Waals surface area contributed by atoms with Crippen LogP contribution < -0.4 is 10.1 Å². The second-order valence-corrected chi connectivity index (χ2v) is 5.73. The van der Waals surface area contributed by atoms with Crippen molar-refractivity contribution in [3.63, 3.8) is 0 Å². The van der Waals surface area contributed by atoms with E-state index in [2.05, 4.69) is 21.1 Å². The molecule has 1 heterocycles. The van der Waals surface area contributed by atoms with Gasteiger partial charge in [-0.15, -0.1) is 0 Å². The third kappa shape index (κ3) is 3.04. The van der Waals surface area contributed by atoms with Crippen LogP contribution in [0.25, 0.3) is 0 Å². The first kappa shape index (κ1) is 14.0. The molecule has 3 rings (SSSR count). The highest BCUT2D eigenvalue weighted by Crippen LogP contribution is 2.33. The predicted molar refractivity (Wildman–Crippen MR) is 85.4 cm³/mol. The number of benzene rings is 1. The molecule has 0 spiro atoms. The Labute approximate surface area is 126 Å². The van der Waals surface area contributed by atoms with Crippen molar-refractivity contribution in [1.82, 2.24) is 9.55 Å². The van der Waals surface area contributed by atoms with Crippen molar-refractivity contribution in [2.75, 3.05) is 12.4 Å². The quantitative estimate of drug-likeness (QED) is 0.902. The lowest BCUT2D eigenvalue weighted by atomic mass is 9.95. The second kappa shape index (κ2) is 6.20. The smallest absolute Gasteiger partial charge is 0.207 e. The lowest BCUT2D eigenvalue weighted by molar-refractivity contribution is 0.356. The van der Waals surface area contributed by atoms with Crippen LogP contribution in [0.3, 0.4) is 0 Å². The van der Waals surface area contributed by atoms with Gasteiger partial charge in [-0.1, -0.05) is 31.4 Å². The van der Waals surface area contributed by atoms with Crippen molar-refractivity contribution in [3.05, 3.63) is 36.2 Å². The van der Waals surface area contributed by atoms with Crippen LogP contribution in [0.1, 0.15) is 43.8 Å². The van der Waals surface area contributed by atoms with E-state index >= 15 is 0 Å². The van der Waals surface area contributed by atoms with Gasteiger partial charge in [0.1, 0.15) is 5.75 Å². The summed E-state index contributed by atoms with van der Waals surface area (Å²) in [5.41, 5.74) is 2.01. The Morgan fingerprint density at radius 2 is 1.95 bits per heavy atom. The molecule has 4 nitrogen and oxygen atoms in total. The van der Waals surface area contributed by atoms with E-state index in [1.54, 1.807) is 7.11 Å². The molecule has 1 aliphatic carbocycles. The summed E-state index contributed by atoms with van der Waals surface area (Å²) in [6, 6.07) is 8.53. The number of aryl methyl sites for hydroxylation is 1. The summed E-state index contributed by atoms with van der Waals surface area (Å²) in [5, 5.41) is 3.44. The first-order valence-electron chi connectivity index (χ1n) is 7.73. The minimum absolute atomic E-state index is 0.567. The zero-order chi connectivity index (χ0) is 14.7. The van der Waals surface area contributed by atoms with Gasteiger partial charge in [-0.05, 0) is 31.9 Å². The normalized spacial score (nSPS) is 15.9. The summed E-state index contributed by atoms with van der Waals surface area (Å²) in [4.78, 5) is 4.65. The average molecular weight is 285 g/mol. The first-order valence-corrected chi connectivity index (χ1v) is 7.73. The maximum atomic E-state index is 5.41. The van der Waals surface area contributed by atoms with Gasteiger partial charge in [-0.2, -0.15) is 0 Å². The van der Waals surface area contributed by atoms with Crippen LogP contribution in [-0.4, -0.2) is 16.7 Å². The van der Waals surface area contributed by atoms with Gasteiger partial charge >= 0.3 is 0 Å². The molecule has 1 saturated carbocycles. The van der Waals surface area contributed by atoms with E-state index < -0.39 is 0 Å². The van der Waals surface area contributed by atoms with E-state index in [1.807, 2.05) is 31.2 Å². The molecule has 0 bridgehead atoms. The van der Waals surface area contributed by atoms with Crippen molar-refractivity contribution in [2.45, 2.75) is 45.1 Å². The maximum Gasteiger partial charge on any atom is 0.207 e. The molecule has 1 N–H and O–H groups in total. The Hall–Kier alpha value is -1.97. The molecule has 2 aromatic rings. The van der Waals surface area contributed by atoms with Crippen molar-refractivity contribution < 1.29 is 4.74 Å². The van der Waals surface area contributed by atoms with E-state index in [0.29, 0.717) is 6.04 Å². The zero-order valence-electron chi connectivity index (χ0n) is 12.8. The maximum absolute atomic E-state index is 5.41. The molecule has 112 valence electrons. The fraction of sp³-hybridized carbons (Fsp3) is 0.471.